The van der Waals surface area contributed by atoms with Crippen molar-refractivity contribution in [3.05, 3.63) is 0 Å². The van der Waals surface area contributed by atoms with E-state index in [9.17, 15) is 9.59 Å². The summed E-state index contributed by atoms with van der Waals surface area (Å²) in [5.41, 5.74) is 0. The minimum Gasteiger partial charge on any atom is -0.385 e. The van der Waals surface area contributed by atoms with Crippen LogP contribution in [0.5, 0.6) is 0 Å². The van der Waals surface area contributed by atoms with Gasteiger partial charge in [0.05, 0.1) is 13.0 Å². The Morgan fingerprint density at radius 3 is 2.19 bits per heavy atom. The molecule has 0 aliphatic heterocycles. The lowest BCUT2D eigenvalue weighted by molar-refractivity contribution is -0.135. The van der Waals surface area contributed by atoms with Gasteiger partial charge in [-0.05, 0) is 13.3 Å². The molecule has 0 N–H and O–H groups in total. The van der Waals surface area contributed by atoms with Crippen molar-refractivity contribution in [1.82, 2.24) is 4.90 Å². The van der Waals surface area contributed by atoms with Crippen molar-refractivity contribution in [2.45, 2.75) is 19.8 Å². The number of carbonyl (C=O) groups excluding carboxylic acids is 2. The fourth-order valence-electron chi connectivity index (χ4n) is 1.29. The van der Waals surface area contributed by atoms with Gasteiger partial charge in [0.2, 0.25) is 5.91 Å². The maximum Gasteiger partial charge on any atom is 0.230 e. The van der Waals surface area contributed by atoms with Crippen LogP contribution in [0.1, 0.15) is 19.8 Å². The highest BCUT2D eigenvalue weighted by Gasteiger charge is 2.14. The topological polar surface area (TPSA) is 55.8 Å². The van der Waals surface area contributed by atoms with Crippen LogP contribution in [0.15, 0.2) is 0 Å². The van der Waals surface area contributed by atoms with Gasteiger partial charge in [0.15, 0.2) is 0 Å². The summed E-state index contributed by atoms with van der Waals surface area (Å²) in [5.74, 6) is -0.250. The van der Waals surface area contributed by atoms with Gasteiger partial charge in [-0.2, -0.15) is 0 Å². The Morgan fingerprint density at radius 1 is 1.06 bits per heavy atom. The molecule has 16 heavy (non-hydrogen) atoms. The average molecular weight is 231 g/mol. The first-order valence-corrected chi connectivity index (χ1v) is 5.37. The van der Waals surface area contributed by atoms with Gasteiger partial charge in [-0.1, -0.05) is 0 Å². The van der Waals surface area contributed by atoms with Crippen molar-refractivity contribution < 1.29 is 19.1 Å². The molecule has 0 spiro atoms. The predicted molar refractivity (Wildman–Crippen MR) is 60.2 cm³/mol. The lowest BCUT2D eigenvalue weighted by Gasteiger charge is -2.21. The summed E-state index contributed by atoms with van der Waals surface area (Å²) in [4.78, 5) is 24.2. The molecule has 0 saturated carbocycles. The van der Waals surface area contributed by atoms with Crippen molar-refractivity contribution >= 4 is 11.7 Å². The predicted octanol–water partition coefficient (Wildman–Crippen LogP) is 0.477. The Kier molecular flexibility index (Phi) is 8.75. The summed E-state index contributed by atoms with van der Waals surface area (Å²) < 4.78 is 9.85. The Balaban J connectivity index is 4.06. The molecule has 0 heterocycles. The number of carbonyl (C=O) groups is 2. The Hall–Kier alpha value is -0.940. The van der Waals surface area contributed by atoms with E-state index < -0.39 is 0 Å². The summed E-state index contributed by atoms with van der Waals surface area (Å²) >= 11 is 0. The molecule has 0 aliphatic carbocycles. The normalized spacial score (nSPS) is 10.2. The van der Waals surface area contributed by atoms with Crippen molar-refractivity contribution in [2.24, 2.45) is 0 Å². The molecule has 0 aromatic carbocycles. The molecule has 0 aromatic heterocycles. The van der Waals surface area contributed by atoms with E-state index >= 15 is 0 Å². The van der Waals surface area contributed by atoms with Gasteiger partial charge >= 0.3 is 0 Å². The first-order valence-electron chi connectivity index (χ1n) is 5.37. The van der Waals surface area contributed by atoms with Gasteiger partial charge in [0.25, 0.3) is 0 Å². The molecule has 0 aliphatic rings. The Bertz CT molecular complexity index is 218. The van der Waals surface area contributed by atoms with E-state index in [1.165, 1.54) is 6.92 Å². The smallest absolute Gasteiger partial charge is 0.230 e. The highest BCUT2D eigenvalue weighted by atomic mass is 16.5. The summed E-state index contributed by atoms with van der Waals surface area (Å²) in [5, 5.41) is 0. The third-order valence-electron chi connectivity index (χ3n) is 2.09. The monoisotopic (exact) mass is 231 g/mol. The Morgan fingerprint density at radius 2 is 1.69 bits per heavy atom. The molecule has 0 fully saturated rings. The van der Waals surface area contributed by atoms with Crippen molar-refractivity contribution in [2.75, 3.05) is 40.5 Å². The second kappa shape index (κ2) is 9.30. The number of Topliss-reactive ketones (excluding diaryl/α,β-unsaturated/α-hetero) is 1. The van der Waals surface area contributed by atoms with Gasteiger partial charge in [-0.15, -0.1) is 0 Å². The highest BCUT2D eigenvalue weighted by Crippen LogP contribution is 1.98. The van der Waals surface area contributed by atoms with E-state index in [0.717, 1.165) is 6.42 Å². The number of methoxy groups -OCH3 is 2. The van der Waals surface area contributed by atoms with Crippen LogP contribution in [0.4, 0.5) is 0 Å². The molecule has 0 saturated heterocycles. The van der Waals surface area contributed by atoms with Crippen molar-refractivity contribution in [1.29, 1.82) is 0 Å². The van der Waals surface area contributed by atoms with E-state index in [0.29, 0.717) is 26.3 Å². The molecular weight excluding hydrogens is 210 g/mol. The maximum atomic E-state index is 11.7. The first-order chi connectivity index (χ1) is 7.61. The molecule has 94 valence electrons. The number of hydrogen-bond acceptors (Lipinski definition) is 4. The maximum absolute atomic E-state index is 11.7. The molecule has 0 atom stereocenters. The van der Waals surface area contributed by atoms with Crippen molar-refractivity contribution in [3.8, 4) is 0 Å². The minimum atomic E-state index is -0.138. The number of nitrogens with zero attached hydrogens (tertiary/aromatic N) is 1. The zero-order valence-corrected chi connectivity index (χ0v) is 10.3. The van der Waals surface area contributed by atoms with Gasteiger partial charge in [0.1, 0.15) is 5.78 Å². The Labute approximate surface area is 96.7 Å². The minimum absolute atomic E-state index is 0.0311. The van der Waals surface area contributed by atoms with Gasteiger partial charge in [-0.3, -0.25) is 9.59 Å². The van der Waals surface area contributed by atoms with Crippen LogP contribution in [-0.4, -0.2) is 57.1 Å². The van der Waals surface area contributed by atoms with E-state index in [1.54, 1.807) is 19.1 Å². The SMILES string of the molecule is COCCCN(CCOC)C(=O)CC(C)=O. The summed E-state index contributed by atoms with van der Waals surface area (Å²) in [6.07, 6.45) is 0.737. The fourth-order valence-corrected chi connectivity index (χ4v) is 1.29. The number of amides is 1. The molecule has 5 nitrogen and oxygen atoms in total. The zero-order chi connectivity index (χ0) is 12.4. The number of hydrogen-bond donors (Lipinski definition) is 0. The molecule has 0 aromatic rings. The lowest BCUT2D eigenvalue weighted by atomic mass is 10.2. The van der Waals surface area contributed by atoms with Crippen LogP contribution in [0, 0.1) is 0 Å². The van der Waals surface area contributed by atoms with E-state index in [2.05, 4.69) is 0 Å². The van der Waals surface area contributed by atoms with Crippen LogP contribution in [0.25, 0.3) is 0 Å². The molecule has 0 bridgehead atoms. The van der Waals surface area contributed by atoms with Crippen LogP contribution in [0.3, 0.4) is 0 Å². The molecule has 0 radical (unpaired) electrons. The van der Waals surface area contributed by atoms with Crippen LogP contribution in [-0.2, 0) is 19.1 Å². The third kappa shape index (κ3) is 7.36. The number of ketones is 1. The number of rotatable bonds is 9. The van der Waals surface area contributed by atoms with E-state index in [4.69, 9.17) is 9.47 Å². The van der Waals surface area contributed by atoms with Crippen LogP contribution >= 0.6 is 0 Å². The number of ether oxygens (including phenoxy) is 2. The zero-order valence-electron chi connectivity index (χ0n) is 10.3. The molecule has 5 heteroatoms. The second-order valence-electron chi connectivity index (χ2n) is 3.60. The lowest BCUT2D eigenvalue weighted by Crippen LogP contribution is -2.36. The quantitative estimate of drug-likeness (QED) is 0.428. The standard InChI is InChI=1S/C11H21NO4/c1-10(13)9-11(14)12(6-8-16-3)5-4-7-15-2/h4-9H2,1-3H3. The van der Waals surface area contributed by atoms with E-state index in [1.807, 2.05) is 0 Å². The van der Waals surface area contributed by atoms with Crippen molar-refractivity contribution in [3.63, 3.8) is 0 Å². The molecule has 0 rings (SSSR count). The average Bonchev–Trinajstić information content (AvgIpc) is 2.22. The van der Waals surface area contributed by atoms with Gasteiger partial charge < -0.3 is 14.4 Å². The molecule has 1 amide bonds. The summed E-state index contributed by atoms with van der Waals surface area (Å²) in [6.45, 7) is 3.63. The second-order valence-corrected chi connectivity index (χ2v) is 3.60. The highest BCUT2D eigenvalue weighted by molar-refractivity contribution is 5.96. The van der Waals surface area contributed by atoms with Gasteiger partial charge in [-0.25, -0.2) is 0 Å². The molecular formula is C11H21NO4. The summed E-state index contributed by atoms with van der Waals surface area (Å²) in [6, 6.07) is 0. The fraction of sp³-hybridized carbons (Fsp3) is 0.818. The molecule has 0 unspecified atom stereocenters. The van der Waals surface area contributed by atoms with Crippen LogP contribution in [0.2, 0.25) is 0 Å². The van der Waals surface area contributed by atoms with Gasteiger partial charge in [0, 0.05) is 33.9 Å². The third-order valence-corrected chi connectivity index (χ3v) is 2.09. The first kappa shape index (κ1) is 15.1. The van der Waals surface area contributed by atoms with E-state index in [-0.39, 0.29) is 18.1 Å². The largest absolute Gasteiger partial charge is 0.385 e. The van der Waals surface area contributed by atoms with Crippen LogP contribution < -0.4 is 0 Å². The summed E-state index contributed by atoms with van der Waals surface area (Å²) in [7, 11) is 3.21.